The van der Waals surface area contributed by atoms with Gasteiger partial charge in [0.1, 0.15) is 29.3 Å². The topological polar surface area (TPSA) is 114 Å². The summed E-state index contributed by atoms with van der Waals surface area (Å²) < 4.78 is 11.1. The maximum Gasteiger partial charge on any atom is 0.408 e. The molecule has 0 aliphatic rings. The highest BCUT2D eigenvalue weighted by atomic mass is 32.1. The van der Waals surface area contributed by atoms with Gasteiger partial charge in [-0.3, -0.25) is 9.59 Å². The van der Waals surface area contributed by atoms with Crippen LogP contribution in [0.1, 0.15) is 89.6 Å². The van der Waals surface area contributed by atoms with E-state index in [1.807, 2.05) is 69.3 Å². The standard InChI is InChI=1S/C35H51N3O6S/c1-10-11-20-38(31(40)27(22-45)37-33(42)44-35(7,8)9)29(28-23(2)16-15-17-24(28)3)30(39)36-26(32(41)43-34(4,5)6)21-25-18-13-12-14-19-25/h12-19,26-27,29,45H,10-11,20-22H2,1-9H3,(H,36,39)(H,37,42). The lowest BCUT2D eigenvalue weighted by molar-refractivity contribution is -0.159. The van der Waals surface area contributed by atoms with Crippen molar-refractivity contribution in [3.63, 3.8) is 0 Å². The maximum atomic E-state index is 14.5. The number of unbranched alkanes of at least 4 members (excludes halogenated alkanes) is 1. The lowest BCUT2D eigenvalue weighted by Gasteiger charge is -2.36. The third-order valence-corrected chi connectivity index (χ3v) is 7.24. The number of thiol groups is 1. The van der Waals surface area contributed by atoms with E-state index in [9.17, 15) is 19.2 Å². The summed E-state index contributed by atoms with van der Waals surface area (Å²) >= 11 is 4.37. The van der Waals surface area contributed by atoms with Gasteiger partial charge < -0.3 is 25.0 Å². The highest BCUT2D eigenvalue weighted by molar-refractivity contribution is 7.80. The number of benzene rings is 2. The minimum Gasteiger partial charge on any atom is -0.458 e. The first-order valence-electron chi connectivity index (χ1n) is 15.5. The van der Waals surface area contributed by atoms with E-state index in [-0.39, 0.29) is 18.7 Å². The number of nitrogens with one attached hydrogen (secondary N) is 2. The molecule has 3 amide bonds. The molecule has 0 aromatic heterocycles. The Balaban J connectivity index is 2.62. The number of hydrogen-bond acceptors (Lipinski definition) is 7. The molecule has 45 heavy (non-hydrogen) atoms. The molecular weight excluding hydrogens is 590 g/mol. The fourth-order valence-corrected chi connectivity index (χ4v) is 5.13. The van der Waals surface area contributed by atoms with Crippen LogP contribution in [0, 0.1) is 13.8 Å². The lowest BCUT2D eigenvalue weighted by Crippen LogP contribution is -2.56. The minimum atomic E-state index is -1.10. The molecule has 0 aliphatic heterocycles. The summed E-state index contributed by atoms with van der Waals surface area (Å²) in [7, 11) is 0. The molecule has 0 radical (unpaired) electrons. The van der Waals surface area contributed by atoms with Crippen molar-refractivity contribution in [2.75, 3.05) is 12.3 Å². The number of carbonyl (C=O) groups is 4. The quantitative estimate of drug-likeness (QED) is 0.186. The molecule has 2 N–H and O–H groups in total. The predicted octanol–water partition coefficient (Wildman–Crippen LogP) is 5.87. The Bertz CT molecular complexity index is 1280. The summed E-state index contributed by atoms with van der Waals surface area (Å²) in [5.74, 6) is -1.61. The van der Waals surface area contributed by atoms with Gasteiger partial charge in [0.15, 0.2) is 0 Å². The second-order valence-corrected chi connectivity index (χ2v) is 13.6. The molecule has 2 aromatic carbocycles. The van der Waals surface area contributed by atoms with Crippen LogP contribution in [0.2, 0.25) is 0 Å². The lowest BCUT2D eigenvalue weighted by atomic mass is 9.93. The number of carbonyl (C=O) groups excluding carboxylic acids is 4. The number of alkyl carbamates (subject to hydrolysis) is 1. The van der Waals surface area contributed by atoms with Gasteiger partial charge in [0.25, 0.3) is 0 Å². The van der Waals surface area contributed by atoms with Crippen molar-refractivity contribution in [1.82, 2.24) is 15.5 Å². The second kappa shape index (κ2) is 16.7. The third kappa shape index (κ3) is 12.1. The normalized spacial score (nSPS) is 13.6. The first kappa shape index (κ1) is 37.7. The molecule has 0 fully saturated rings. The Hall–Kier alpha value is -3.53. The monoisotopic (exact) mass is 641 g/mol. The van der Waals surface area contributed by atoms with Gasteiger partial charge in [-0.25, -0.2) is 9.59 Å². The van der Waals surface area contributed by atoms with Crippen LogP contribution in [-0.2, 0) is 30.3 Å². The molecule has 0 spiro atoms. The van der Waals surface area contributed by atoms with Gasteiger partial charge in [-0.2, -0.15) is 12.6 Å². The number of ether oxygens (including phenoxy) is 2. The van der Waals surface area contributed by atoms with E-state index in [4.69, 9.17) is 9.47 Å². The van der Waals surface area contributed by atoms with Gasteiger partial charge in [-0.1, -0.05) is 61.9 Å². The van der Waals surface area contributed by atoms with Crippen LogP contribution in [-0.4, -0.2) is 64.4 Å². The van der Waals surface area contributed by atoms with Crippen LogP contribution in [0.15, 0.2) is 48.5 Å². The van der Waals surface area contributed by atoms with Gasteiger partial charge in [0, 0.05) is 18.7 Å². The average molecular weight is 642 g/mol. The van der Waals surface area contributed by atoms with E-state index < -0.39 is 53.2 Å². The molecule has 2 rings (SSSR count). The van der Waals surface area contributed by atoms with Gasteiger partial charge >= 0.3 is 12.1 Å². The highest BCUT2D eigenvalue weighted by Gasteiger charge is 2.39. The van der Waals surface area contributed by atoms with E-state index in [0.29, 0.717) is 12.0 Å². The first-order valence-corrected chi connectivity index (χ1v) is 16.1. The SMILES string of the molecule is CCCCN(C(=O)C(CS)NC(=O)OC(C)(C)C)C(C(=O)NC(Cc1ccccc1)C(=O)OC(C)(C)C)c1c(C)cccc1C. The van der Waals surface area contributed by atoms with E-state index >= 15 is 0 Å². The summed E-state index contributed by atoms with van der Waals surface area (Å²) in [6.45, 7) is 16.5. The fourth-order valence-electron chi connectivity index (χ4n) is 4.88. The van der Waals surface area contributed by atoms with Gasteiger partial charge in [-0.05, 0) is 84.1 Å². The van der Waals surface area contributed by atoms with E-state index in [1.54, 1.807) is 41.5 Å². The molecule has 0 saturated heterocycles. The van der Waals surface area contributed by atoms with Crippen molar-refractivity contribution in [1.29, 1.82) is 0 Å². The molecule has 10 heteroatoms. The predicted molar refractivity (Wildman–Crippen MR) is 180 cm³/mol. The van der Waals surface area contributed by atoms with Crippen LogP contribution in [0.5, 0.6) is 0 Å². The van der Waals surface area contributed by atoms with Crippen molar-refractivity contribution in [2.24, 2.45) is 0 Å². The zero-order valence-corrected chi connectivity index (χ0v) is 29.1. The highest BCUT2D eigenvalue weighted by Crippen LogP contribution is 2.29. The molecular formula is C35H51N3O6S. The van der Waals surface area contributed by atoms with Crippen molar-refractivity contribution < 1.29 is 28.7 Å². The summed E-state index contributed by atoms with van der Waals surface area (Å²) in [5.41, 5.74) is 1.56. The third-order valence-electron chi connectivity index (χ3n) is 6.87. The largest absolute Gasteiger partial charge is 0.458 e. The van der Waals surface area contributed by atoms with Crippen LogP contribution >= 0.6 is 12.6 Å². The number of nitrogens with zero attached hydrogens (tertiary/aromatic N) is 1. The Morgan fingerprint density at radius 1 is 0.822 bits per heavy atom. The maximum absolute atomic E-state index is 14.5. The average Bonchev–Trinajstić information content (AvgIpc) is 2.93. The molecule has 248 valence electrons. The number of esters is 1. The number of aryl methyl sites for hydroxylation is 2. The van der Waals surface area contributed by atoms with E-state index in [2.05, 4.69) is 23.3 Å². The summed E-state index contributed by atoms with van der Waals surface area (Å²) in [6, 6.07) is 11.8. The fraction of sp³-hybridized carbons (Fsp3) is 0.543. The van der Waals surface area contributed by atoms with Gasteiger partial charge in [0.2, 0.25) is 11.8 Å². The van der Waals surface area contributed by atoms with Crippen LogP contribution in [0.25, 0.3) is 0 Å². The molecule has 3 atom stereocenters. The Morgan fingerprint density at radius 2 is 1.40 bits per heavy atom. The van der Waals surface area contributed by atoms with Gasteiger partial charge in [0.05, 0.1) is 0 Å². The molecule has 0 aliphatic carbocycles. The molecule has 0 saturated carbocycles. The van der Waals surface area contributed by atoms with E-state index in [0.717, 1.165) is 23.1 Å². The molecule has 0 heterocycles. The van der Waals surface area contributed by atoms with Crippen molar-refractivity contribution >= 4 is 36.5 Å². The van der Waals surface area contributed by atoms with Crippen molar-refractivity contribution in [2.45, 2.75) is 111 Å². The van der Waals surface area contributed by atoms with Crippen LogP contribution < -0.4 is 10.6 Å². The van der Waals surface area contributed by atoms with Crippen molar-refractivity contribution in [3.8, 4) is 0 Å². The number of rotatable bonds is 13. The zero-order chi connectivity index (χ0) is 33.9. The molecule has 0 bridgehead atoms. The summed E-state index contributed by atoms with van der Waals surface area (Å²) in [5, 5.41) is 5.58. The molecule has 3 unspecified atom stereocenters. The minimum absolute atomic E-state index is 0.0175. The van der Waals surface area contributed by atoms with Crippen LogP contribution in [0.3, 0.4) is 0 Å². The number of amides is 3. The summed E-state index contributed by atoms with van der Waals surface area (Å²) in [6.07, 6.45) is 0.797. The first-order chi connectivity index (χ1) is 21.0. The second-order valence-electron chi connectivity index (χ2n) is 13.3. The zero-order valence-electron chi connectivity index (χ0n) is 28.2. The number of hydrogen-bond donors (Lipinski definition) is 3. The smallest absolute Gasteiger partial charge is 0.408 e. The Morgan fingerprint density at radius 3 is 1.91 bits per heavy atom. The van der Waals surface area contributed by atoms with E-state index in [1.165, 1.54) is 4.90 Å². The molecule has 2 aromatic rings. The van der Waals surface area contributed by atoms with Crippen molar-refractivity contribution in [3.05, 3.63) is 70.8 Å². The summed E-state index contributed by atoms with van der Waals surface area (Å²) in [4.78, 5) is 56.4. The molecule has 9 nitrogen and oxygen atoms in total. The van der Waals surface area contributed by atoms with Crippen LogP contribution in [0.4, 0.5) is 4.79 Å². The Labute approximate surface area is 274 Å². The van der Waals surface area contributed by atoms with Gasteiger partial charge in [-0.15, -0.1) is 0 Å². The Kier molecular flexibility index (Phi) is 14.0.